The number of aryl methyl sites for hydroxylation is 2. The minimum Gasteiger partial charge on any atom is -0.286 e. The van der Waals surface area contributed by atoms with Crippen molar-refractivity contribution in [2.75, 3.05) is 5.75 Å². The molecule has 0 aliphatic rings. The molecule has 0 saturated carbocycles. The van der Waals surface area contributed by atoms with Gasteiger partial charge in [-0.2, -0.15) is 8.42 Å². The topological polar surface area (TPSA) is 67.3 Å². The van der Waals surface area contributed by atoms with E-state index in [0.29, 0.717) is 6.42 Å². The standard InChI is InChI=1S/C8H11N.C3H8O3S/c1-3-8-5-4-7(2)9-6-8;1-2-3-7(4,5)6/h4-6H,3H2,1-2H3;2-3H2,1H3,(H,4,5,6). The van der Waals surface area contributed by atoms with Crippen LogP contribution in [0.2, 0.25) is 0 Å². The molecule has 0 unspecified atom stereocenters. The molecule has 1 aromatic heterocycles. The highest BCUT2D eigenvalue weighted by Crippen LogP contribution is 1.98. The summed E-state index contributed by atoms with van der Waals surface area (Å²) in [6, 6.07) is 4.15. The largest absolute Gasteiger partial charge is 0.286 e. The molecule has 0 fully saturated rings. The maximum absolute atomic E-state index is 9.79. The Morgan fingerprint density at radius 3 is 2.19 bits per heavy atom. The third kappa shape index (κ3) is 8.38. The zero-order valence-corrected chi connectivity index (χ0v) is 10.8. The highest BCUT2D eigenvalue weighted by Gasteiger charge is 1.98. The molecule has 0 amide bonds. The minimum atomic E-state index is -3.67. The summed E-state index contributed by atoms with van der Waals surface area (Å²) in [5, 5.41) is 0. The van der Waals surface area contributed by atoms with E-state index >= 15 is 0 Å². The van der Waals surface area contributed by atoms with Crippen molar-refractivity contribution in [1.82, 2.24) is 4.98 Å². The first kappa shape index (κ1) is 15.1. The van der Waals surface area contributed by atoms with Gasteiger partial charge < -0.3 is 0 Å². The second kappa shape index (κ2) is 7.35. The van der Waals surface area contributed by atoms with Crippen LogP contribution in [0.3, 0.4) is 0 Å². The van der Waals surface area contributed by atoms with Crippen molar-refractivity contribution in [1.29, 1.82) is 0 Å². The molecule has 1 heterocycles. The summed E-state index contributed by atoms with van der Waals surface area (Å²) in [4.78, 5) is 4.15. The van der Waals surface area contributed by atoms with Crippen LogP contribution < -0.4 is 0 Å². The Hall–Kier alpha value is -0.940. The molecular weight excluding hydrogens is 226 g/mol. The number of hydrogen-bond acceptors (Lipinski definition) is 3. The van der Waals surface area contributed by atoms with E-state index in [2.05, 4.69) is 18.0 Å². The summed E-state index contributed by atoms with van der Waals surface area (Å²) < 4.78 is 27.6. The second-order valence-corrected chi connectivity index (χ2v) is 5.02. The van der Waals surface area contributed by atoms with E-state index in [1.165, 1.54) is 5.56 Å². The Bertz CT molecular complexity index is 384. The van der Waals surface area contributed by atoms with Crippen molar-refractivity contribution in [2.24, 2.45) is 0 Å². The van der Waals surface area contributed by atoms with Crippen LogP contribution in [0.15, 0.2) is 18.3 Å². The van der Waals surface area contributed by atoms with E-state index in [9.17, 15) is 8.42 Å². The van der Waals surface area contributed by atoms with Gasteiger partial charge in [-0.1, -0.05) is 19.9 Å². The quantitative estimate of drug-likeness (QED) is 0.829. The molecule has 0 radical (unpaired) electrons. The number of aromatic nitrogens is 1. The zero-order valence-electron chi connectivity index (χ0n) is 9.97. The van der Waals surface area contributed by atoms with E-state index in [1.54, 1.807) is 6.92 Å². The van der Waals surface area contributed by atoms with Gasteiger partial charge in [-0.15, -0.1) is 0 Å². The highest BCUT2D eigenvalue weighted by molar-refractivity contribution is 7.85. The third-order valence-electron chi connectivity index (χ3n) is 1.84. The summed E-state index contributed by atoms with van der Waals surface area (Å²) >= 11 is 0. The van der Waals surface area contributed by atoms with Gasteiger partial charge in [0.05, 0.1) is 5.75 Å². The van der Waals surface area contributed by atoms with Crippen molar-refractivity contribution in [2.45, 2.75) is 33.6 Å². The van der Waals surface area contributed by atoms with E-state index in [4.69, 9.17) is 4.55 Å². The van der Waals surface area contributed by atoms with Crippen molar-refractivity contribution in [3.63, 3.8) is 0 Å². The van der Waals surface area contributed by atoms with Gasteiger partial charge in [0, 0.05) is 11.9 Å². The van der Waals surface area contributed by atoms with Gasteiger partial charge in [0.15, 0.2) is 0 Å². The first-order chi connectivity index (χ1) is 7.39. The molecule has 0 bridgehead atoms. The number of hydrogen-bond donors (Lipinski definition) is 1. The lowest BCUT2D eigenvalue weighted by molar-refractivity contribution is 0.482. The SMILES string of the molecule is CCCS(=O)(=O)O.CCc1ccc(C)nc1. The summed E-state index contributed by atoms with van der Waals surface area (Å²) in [5.74, 6) is -0.132. The van der Waals surface area contributed by atoms with Crippen LogP contribution in [0.5, 0.6) is 0 Å². The molecule has 4 nitrogen and oxygen atoms in total. The Balaban J connectivity index is 0.000000293. The maximum atomic E-state index is 9.79. The van der Waals surface area contributed by atoms with Crippen molar-refractivity contribution < 1.29 is 13.0 Å². The van der Waals surface area contributed by atoms with Gasteiger partial charge in [-0.25, -0.2) is 0 Å². The Morgan fingerprint density at radius 1 is 1.31 bits per heavy atom. The van der Waals surface area contributed by atoms with Gasteiger partial charge in [-0.05, 0) is 31.4 Å². The minimum absolute atomic E-state index is 0.132. The van der Waals surface area contributed by atoms with Crippen LogP contribution in [-0.2, 0) is 16.5 Å². The molecule has 0 atom stereocenters. The lowest BCUT2D eigenvalue weighted by Gasteiger charge is -1.93. The Kier molecular flexibility index (Phi) is 6.92. The molecule has 92 valence electrons. The van der Waals surface area contributed by atoms with Crippen LogP contribution in [-0.4, -0.2) is 23.7 Å². The smallest absolute Gasteiger partial charge is 0.264 e. The van der Waals surface area contributed by atoms with Gasteiger partial charge in [-0.3, -0.25) is 9.54 Å². The molecule has 0 aliphatic heterocycles. The van der Waals surface area contributed by atoms with Crippen LogP contribution in [0.25, 0.3) is 0 Å². The fraction of sp³-hybridized carbons (Fsp3) is 0.545. The average Bonchev–Trinajstić information content (AvgIpc) is 2.18. The third-order valence-corrected chi connectivity index (χ3v) is 2.77. The highest BCUT2D eigenvalue weighted by atomic mass is 32.2. The van der Waals surface area contributed by atoms with Crippen molar-refractivity contribution >= 4 is 10.1 Å². The van der Waals surface area contributed by atoms with Crippen LogP contribution in [0.1, 0.15) is 31.5 Å². The van der Waals surface area contributed by atoms with Crippen LogP contribution in [0, 0.1) is 6.92 Å². The number of rotatable bonds is 3. The van der Waals surface area contributed by atoms with Crippen LogP contribution >= 0.6 is 0 Å². The van der Waals surface area contributed by atoms with Gasteiger partial charge in [0.25, 0.3) is 10.1 Å². The Labute approximate surface area is 97.5 Å². The predicted octanol–water partition coefficient (Wildman–Crippen LogP) is 2.24. The van der Waals surface area contributed by atoms with E-state index < -0.39 is 10.1 Å². The molecule has 1 N–H and O–H groups in total. The lowest BCUT2D eigenvalue weighted by Crippen LogP contribution is -2.01. The fourth-order valence-electron chi connectivity index (χ4n) is 0.966. The molecule has 1 rings (SSSR count). The molecule has 16 heavy (non-hydrogen) atoms. The average molecular weight is 245 g/mol. The van der Waals surface area contributed by atoms with E-state index in [1.807, 2.05) is 19.2 Å². The predicted molar refractivity (Wildman–Crippen MR) is 65.1 cm³/mol. The maximum Gasteiger partial charge on any atom is 0.264 e. The van der Waals surface area contributed by atoms with Crippen LogP contribution in [0.4, 0.5) is 0 Å². The molecular formula is C11H19NO3S. The second-order valence-electron chi connectivity index (χ2n) is 3.45. The molecule has 5 heteroatoms. The summed E-state index contributed by atoms with van der Waals surface area (Å²) in [5.41, 5.74) is 2.40. The van der Waals surface area contributed by atoms with Gasteiger partial charge in [0.1, 0.15) is 0 Å². The molecule has 0 aliphatic carbocycles. The molecule has 1 aromatic rings. The van der Waals surface area contributed by atoms with E-state index in [-0.39, 0.29) is 5.75 Å². The van der Waals surface area contributed by atoms with Crippen molar-refractivity contribution in [3.8, 4) is 0 Å². The number of pyridine rings is 1. The monoisotopic (exact) mass is 245 g/mol. The molecule has 0 spiro atoms. The zero-order chi connectivity index (χ0) is 12.6. The van der Waals surface area contributed by atoms with E-state index in [0.717, 1.165) is 12.1 Å². The first-order valence-electron chi connectivity index (χ1n) is 5.25. The van der Waals surface area contributed by atoms with Gasteiger partial charge in [0.2, 0.25) is 0 Å². The van der Waals surface area contributed by atoms with Gasteiger partial charge >= 0.3 is 0 Å². The number of nitrogens with zero attached hydrogens (tertiary/aromatic N) is 1. The summed E-state index contributed by atoms with van der Waals surface area (Å²) in [7, 11) is -3.67. The molecule has 0 aromatic carbocycles. The normalized spacial score (nSPS) is 10.5. The fourth-order valence-corrected chi connectivity index (χ4v) is 1.48. The molecule has 0 saturated heterocycles. The Morgan fingerprint density at radius 2 is 1.94 bits per heavy atom. The summed E-state index contributed by atoms with van der Waals surface area (Å²) in [6.07, 6.45) is 3.47. The first-order valence-corrected chi connectivity index (χ1v) is 6.86. The lowest BCUT2D eigenvalue weighted by atomic mass is 10.2. The van der Waals surface area contributed by atoms with Crippen molar-refractivity contribution in [3.05, 3.63) is 29.6 Å². The summed E-state index contributed by atoms with van der Waals surface area (Å²) in [6.45, 7) is 5.82.